The molecule has 146 valence electrons. The largest absolute Gasteiger partial charge is 0.480 e. The number of aliphatic carboxylic acids is 1. The van der Waals surface area contributed by atoms with Crippen molar-refractivity contribution in [3.8, 4) is 0 Å². The van der Waals surface area contributed by atoms with Crippen molar-refractivity contribution in [3.05, 3.63) is 30.1 Å². The zero-order valence-electron chi connectivity index (χ0n) is 15.1. The summed E-state index contributed by atoms with van der Waals surface area (Å²) in [6.07, 6.45) is 0.557. The van der Waals surface area contributed by atoms with E-state index in [1.54, 1.807) is 0 Å². The van der Waals surface area contributed by atoms with Gasteiger partial charge in [-0.15, -0.1) is 0 Å². The van der Waals surface area contributed by atoms with Gasteiger partial charge in [0, 0.05) is 20.0 Å². The number of carboxylic acid groups (broad SMARTS) is 1. The molecule has 1 atom stereocenters. The number of rotatable bonds is 10. The number of hydrogen-bond acceptors (Lipinski definition) is 4. The van der Waals surface area contributed by atoms with Crippen LogP contribution < -0.4 is 5.32 Å². The lowest BCUT2D eigenvalue weighted by atomic mass is 10.0. The second-order valence-corrected chi connectivity index (χ2v) is 8.52. The van der Waals surface area contributed by atoms with Gasteiger partial charge in [-0.1, -0.05) is 13.8 Å². The summed E-state index contributed by atoms with van der Waals surface area (Å²) in [4.78, 5) is 23.0. The number of carboxylic acids is 1. The van der Waals surface area contributed by atoms with Crippen molar-refractivity contribution in [2.24, 2.45) is 5.92 Å². The highest BCUT2D eigenvalue weighted by Crippen LogP contribution is 2.15. The van der Waals surface area contributed by atoms with Gasteiger partial charge >= 0.3 is 5.97 Å². The summed E-state index contributed by atoms with van der Waals surface area (Å²) in [7, 11) is -2.39. The molecule has 0 saturated heterocycles. The van der Waals surface area contributed by atoms with Gasteiger partial charge in [0.2, 0.25) is 15.9 Å². The molecular formula is C17H25FN2O5S. The minimum Gasteiger partial charge on any atom is -0.480 e. The first-order valence-electron chi connectivity index (χ1n) is 8.28. The van der Waals surface area contributed by atoms with Crippen LogP contribution in [0.2, 0.25) is 0 Å². The van der Waals surface area contributed by atoms with Gasteiger partial charge in [0.25, 0.3) is 0 Å². The fraction of sp³-hybridized carbons (Fsp3) is 0.529. The van der Waals surface area contributed by atoms with Crippen LogP contribution in [0.3, 0.4) is 0 Å². The van der Waals surface area contributed by atoms with Crippen molar-refractivity contribution in [1.82, 2.24) is 9.62 Å². The summed E-state index contributed by atoms with van der Waals surface area (Å²) in [6, 6.07) is 3.53. The van der Waals surface area contributed by atoms with E-state index in [9.17, 15) is 22.4 Å². The second kappa shape index (κ2) is 9.63. The Morgan fingerprint density at radius 1 is 1.23 bits per heavy atom. The number of benzene rings is 1. The maximum Gasteiger partial charge on any atom is 0.326 e. The van der Waals surface area contributed by atoms with Crippen LogP contribution in [0.4, 0.5) is 4.39 Å². The Kier molecular flexibility index (Phi) is 8.16. The van der Waals surface area contributed by atoms with Gasteiger partial charge in [0.15, 0.2) is 0 Å². The normalized spacial score (nSPS) is 13.0. The van der Waals surface area contributed by atoms with Gasteiger partial charge in [-0.2, -0.15) is 0 Å². The van der Waals surface area contributed by atoms with Gasteiger partial charge in [-0.3, -0.25) is 4.79 Å². The zero-order chi connectivity index (χ0) is 19.9. The third-order valence-electron chi connectivity index (χ3n) is 3.74. The molecule has 2 N–H and O–H groups in total. The predicted octanol–water partition coefficient (Wildman–Crippen LogP) is 1.84. The Balaban J connectivity index is 2.54. The Labute approximate surface area is 153 Å². The van der Waals surface area contributed by atoms with Crippen LogP contribution in [0.25, 0.3) is 0 Å². The van der Waals surface area contributed by atoms with Gasteiger partial charge in [0.1, 0.15) is 11.9 Å². The van der Waals surface area contributed by atoms with E-state index in [1.165, 1.54) is 19.2 Å². The number of sulfonamides is 1. The van der Waals surface area contributed by atoms with Crippen molar-refractivity contribution >= 4 is 21.9 Å². The lowest BCUT2D eigenvalue weighted by Gasteiger charge is -2.18. The van der Waals surface area contributed by atoms with Crippen LogP contribution in [0.15, 0.2) is 29.2 Å². The molecule has 7 nitrogen and oxygen atoms in total. The molecule has 26 heavy (non-hydrogen) atoms. The van der Waals surface area contributed by atoms with E-state index in [0.29, 0.717) is 6.42 Å². The predicted molar refractivity (Wildman–Crippen MR) is 94.5 cm³/mol. The van der Waals surface area contributed by atoms with Crippen molar-refractivity contribution in [3.63, 3.8) is 0 Å². The SMILES string of the molecule is CC(C)C[C@H](NC(=O)CCCN(C)S(=O)(=O)c1ccc(F)cc1)C(=O)O. The van der Waals surface area contributed by atoms with E-state index in [2.05, 4.69) is 5.32 Å². The second-order valence-electron chi connectivity index (χ2n) is 6.47. The Bertz CT molecular complexity index is 719. The molecule has 0 radical (unpaired) electrons. The molecule has 0 aliphatic rings. The molecule has 1 amide bonds. The molecular weight excluding hydrogens is 363 g/mol. The smallest absolute Gasteiger partial charge is 0.326 e. The summed E-state index contributed by atoms with van der Waals surface area (Å²) in [6.45, 7) is 3.80. The third-order valence-corrected chi connectivity index (χ3v) is 5.61. The number of amides is 1. The van der Waals surface area contributed by atoms with E-state index < -0.39 is 33.8 Å². The molecule has 0 bridgehead atoms. The molecule has 1 rings (SSSR count). The van der Waals surface area contributed by atoms with E-state index in [1.807, 2.05) is 13.8 Å². The number of carbonyl (C=O) groups is 2. The molecule has 0 saturated carbocycles. The van der Waals surface area contributed by atoms with Crippen LogP contribution in [0.1, 0.15) is 33.1 Å². The minimum absolute atomic E-state index is 0.00511. The van der Waals surface area contributed by atoms with Crippen molar-refractivity contribution < 1.29 is 27.5 Å². The minimum atomic E-state index is -3.77. The quantitative estimate of drug-likeness (QED) is 0.637. The van der Waals surface area contributed by atoms with Crippen LogP contribution in [-0.4, -0.2) is 49.3 Å². The molecule has 0 unspecified atom stereocenters. The highest BCUT2D eigenvalue weighted by atomic mass is 32.2. The maximum atomic E-state index is 12.9. The number of nitrogens with zero attached hydrogens (tertiary/aromatic N) is 1. The van der Waals surface area contributed by atoms with E-state index in [4.69, 9.17) is 5.11 Å². The molecule has 9 heteroatoms. The first-order chi connectivity index (χ1) is 12.0. The monoisotopic (exact) mass is 388 g/mol. The maximum absolute atomic E-state index is 12.9. The summed E-state index contributed by atoms with van der Waals surface area (Å²) in [5, 5.41) is 11.6. The number of halogens is 1. The number of nitrogens with one attached hydrogen (secondary N) is 1. The van der Waals surface area contributed by atoms with Gasteiger partial charge in [0.05, 0.1) is 4.90 Å². The van der Waals surface area contributed by atoms with Gasteiger partial charge < -0.3 is 10.4 Å². The highest BCUT2D eigenvalue weighted by Gasteiger charge is 2.23. The summed E-state index contributed by atoms with van der Waals surface area (Å²) in [5.74, 6) is -1.95. The molecule has 0 aliphatic heterocycles. The third kappa shape index (κ3) is 6.72. The summed E-state index contributed by atoms with van der Waals surface area (Å²) < 4.78 is 38.7. The first-order valence-corrected chi connectivity index (χ1v) is 9.72. The average Bonchev–Trinajstić information content (AvgIpc) is 2.54. The van der Waals surface area contributed by atoms with Crippen molar-refractivity contribution in [2.45, 2.75) is 44.0 Å². The van der Waals surface area contributed by atoms with Crippen LogP contribution in [0.5, 0.6) is 0 Å². The number of carbonyl (C=O) groups excluding carboxylic acids is 1. The van der Waals surface area contributed by atoms with Gasteiger partial charge in [-0.05, 0) is 43.0 Å². The van der Waals surface area contributed by atoms with Crippen molar-refractivity contribution in [1.29, 1.82) is 0 Å². The molecule has 1 aromatic rings. The molecule has 0 spiro atoms. The first kappa shape index (κ1) is 22.0. The lowest BCUT2D eigenvalue weighted by Crippen LogP contribution is -2.41. The number of hydrogen-bond donors (Lipinski definition) is 2. The van der Waals surface area contributed by atoms with Crippen LogP contribution >= 0.6 is 0 Å². The molecule has 0 fully saturated rings. The summed E-state index contributed by atoms with van der Waals surface area (Å²) in [5.41, 5.74) is 0. The molecule has 0 aliphatic carbocycles. The Morgan fingerprint density at radius 3 is 2.31 bits per heavy atom. The van der Waals surface area contributed by atoms with Crippen LogP contribution in [0, 0.1) is 11.7 Å². The van der Waals surface area contributed by atoms with Gasteiger partial charge in [-0.25, -0.2) is 21.9 Å². The van der Waals surface area contributed by atoms with E-state index >= 15 is 0 Å². The van der Waals surface area contributed by atoms with Crippen LogP contribution in [-0.2, 0) is 19.6 Å². The highest BCUT2D eigenvalue weighted by molar-refractivity contribution is 7.89. The molecule has 0 heterocycles. The zero-order valence-corrected chi connectivity index (χ0v) is 15.9. The molecule has 0 aromatic heterocycles. The Morgan fingerprint density at radius 2 is 1.81 bits per heavy atom. The van der Waals surface area contributed by atoms with Crippen molar-refractivity contribution in [2.75, 3.05) is 13.6 Å². The van der Waals surface area contributed by atoms with E-state index in [-0.39, 0.29) is 30.2 Å². The Hall–Kier alpha value is -2.00. The standard InChI is InChI=1S/C17H25FN2O5S/c1-12(2)11-15(17(22)23)19-16(21)5-4-10-20(3)26(24,25)14-8-6-13(18)7-9-14/h6-9,12,15H,4-5,10-11H2,1-3H3,(H,19,21)(H,22,23)/t15-/m0/s1. The summed E-state index contributed by atoms with van der Waals surface area (Å²) >= 11 is 0. The fourth-order valence-electron chi connectivity index (χ4n) is 2.33. The van der Waals surface area contributed by atoms with E-state index in [0.717, 1.165) is 16.4 Å². The average molecular weight is 388 g/mol. The lowest BCUT2D eigenvalue weighted by molar-refractivity contribution is -0.142. The molecule has 1 aromatic carbocycles. The topological polar surface area (TPSA) is 104 Å². The fourth-order valence-corrected chi connectivity index (χ4v) is 3.54.